The van der Waals surface area contributed by atoms with Crippen LogP contribution in [0.5, 0.6) is 11.5 Å². The monoisotopic (exact) mass is 404 g/mol. The van der Waals surface area contributed by atoms with Crippen LogP contribution in [0.3, 0.4) is 0 Å². The molecule has 0 atom stereocenters. The minimum Gasteiger partial charge on any atom is -0.493 e. The van der Waals surface area contributed by atoms with Gasteiger partial charge in [-0.15, -0.1) is 0 Å². The molecule has 0 aliphatic carbocycles. The van der Waals surface area contributed by atoms with Crippen LogP contribution in [0.1, 0.15) is 11.5 Å². The van der Waals surface area contributed by atoms with Crippen LogP contribution >= 0.6 is 0 Å². The summed E-state index contributed by atoms with van der Waals surface area (Å²) in [5.74, 6) is 1.97. The SMILES string of the molecule is COc1ccc(-c2ccc(=O)n(Cc3nc(-c4ccccc4C)no3)n2)cc1OC. The van der Waals surface area contributed by atoms with E-state index in [2.05, 4.69) is 15.2 Å². The van der Waals surface area contributed by atoms with Crippen LogP contribution in [0.25, 0.3) is 22.6 Å². The number of methoxy groups -OCH3 is 2. The summed E-state index contributed by atoms with van der Waals surface area (Å²) in [6.07, 6.45) is 0. The summed E-state index contributed by atoms with van der Waals surface area (Å²) in [5.41, 5.74) is 3.04. The highest BCUT2D eigenvalue weighted by Crippen LogP contribution is 2.31. The number of benzene rings is 2. The van der Waals surface area contributed by atoms with Crippen molar-refractivity contribution in [3.8, 4) is 34.1 Å². The number of hydrogen-bond acceptors (Lipinski definition) is 7. The van der Waals surface area contributed by atoms with Crippen molar-refractivity contribution < 1.29 is 14.0 Å². The van der Waals surface area contributed by atoms with Gasteiger partial charge in [-0.2, -0.15) is 10.1 Å². The van der Waals surface area contributed by atoms with E-state index in [9.17, 15) is 4.79 Å². The minimum atomic E-state index is -0.269. The van der Waals surface area contributed by atoms with E-state index in [1.54, 1.807) is 32.4 Å². The lowest BCUT2D eigenvalue weighted by atomic mass is 10.1. The zero-order chi connectivity index (χ0) is 21.1. The first kappa shape index (κ1) is 19.4. The highest BCUT2D eigenvalue weighted by atomic mass is 16.5. The minimum absolute atomic E-state index is 0.0683. The molecule has 8 nitrogen and oxygen atoms in total. The van der Waals surface area contributed by atoms with Gasteiger partial charge in [0.25, 0.3) is 5.56 Å². The molecule has 4 aromatic rings. The van der Waals surface area contributed by atoms with Crippen LogP contribution in [0, 0.1) is 6.92 Å². The lowest BCUT2D eigenvalue weighted by Crippen LogP contribution is -2.23. The second-order valence-corrected chi connectivity index (χ2v) is 6.61. The Balaban J connectivity index is 1.64. The predicted molar refractivity (Wildman–Crippen MR) is 111 cm³/mol. The van der Waals surface area contributed by atoms with E-state index in [1.165, 1.54) is 10.7 Å². The van der Waals surface area contributed by atoms with E-state index in [1.807, 2.05) is 37.3 Å². The molecule has 2 aromatic carbocycles. The Morgan fingerprint density at radius 2 is 1.80 bits per heavy atom. The van der Waals surface area contributed by atoms with E-state index >= 15 is 0 Å². The van der Waals surface area contributed by atoms with E-state index in [0.29, 0.717) is 28.9 Å². The van der Waals surface area contributed by atoms with Crippen molar-refractivity contribution in [1.82, 2.24) is 19.9 Å². The summed E-state index contributed by atoms with van der Waals surface area (Å²) in [7, 11) is 3.14. The highest BCUT2D eigenvalue weighted by Gasteiger charge is 2.13. The van der Waals surface area contributed by atoms with Crippen molar-refractivity contribution in [2.45, 2.75) is 13.5 Å². The number of aryl methyl sites for hydroxylation is 1. The molecule has 152 valence electrons. The molecule has 4 rings (SSSR count). The Bertz CT molecular complexity index is 1250. The molecule has 0 bridgehead atoms. The smallest absolute Gasteiger partial charge is 0.267 e. The summed E-state index contributed by atoms with van der Waals surface area (Å²) in [6, 6.07) is 16.3. The van der Waals surface area contributed by atoms with Crippen molar-refractivity contribution in [3.63, 3.8) is 0 Å². The van der Waals surface area contributed by atoms with Gasteiger partial charge in [0.15, 0.2) is 11.5 Å². The normalized spacial score (nSPS) is 10.8. The fourth-order valence-electron chi connectivity index (χ4n) is 3.09. The Kier molecular flexibility index (Phi) is 5.30. The topological polar surface area (TPSA) is 92.3 Å². The van der Waals surface area contributed by atoms with Crippen LogP contribution in [0.2, 0.25) is 0 Å². The van der Waals surface area contributed by atoms with Crippen molar-refractivity contribution in [3.05, 3.63) is 76.4 Å². The predicted octanol–water partition coefficient (Wildman–Crippen LogP) is 3.33. The summed E-state index contributed by atoms with van der Waals surface area (Å²) < 4.78 is 17.3. The third-order valence-corrected chi connectivity index (χ3v) is 4.69. The lowest BCUT2D eigenvalue weighted by molar-refractivity contribution is 0.355. The first-order valence-electron chi connectivity index (χ1n) is 9.28. The molecule has 2 aromatic heterocycles. The van der Waals surface area contributed by atoms with Gasteiger partial charge in [-0.05, 0) is 36.8 Å². The van der Waals surface area contributed by atoms with Crippen molar-refractivity contribution >= 4 is 0 Å². The third-order valence-electron chi connectivity index (χ3n) is 4.69. The van der Waals surface area contributed by atoms with Crippen molar-refractivity contribution in [2.75, 3.05) is 14.2 Å². The molecule has 0 radical (unpaired) electrons. The van der Waals surface area contributed by atoms with Gasteiger partial charge >= 0.3 is 0 Å². The van der Waals surface area contributed by atoms with Gasteiger partial charge in [-0.3, -0.25) is 4.79 Å². The first-order chi connectivity index (χ1) is 14.6. The average Bonchev–Trinajstić information content (AvgIpc) is 3.23. The fourth-order valence-corrected chi connectivity index (χ4v) is 3.09. The molecule has 0 N–H and O–H groups in total. The van der Waals surface area contributed by atoms with Gasteiger partial charge in [0, 0.05) is 17.2 Å². The number of ether oxygens (including phenoxy) is 2. The van der Waals surface area contributed by atoms with Gasteiger partial charge < -0.3 is 14.0 Å². The molecule has 0 amide bonds. The molecular formula is C22H20N4O4. The summed E-state index contributed by atoms with van der Waals surface area (Å²) >= 11 is 0. The molecule has 0 spiro atoms. The van der Waals surface area contributed by atoms with Crippen LogP contribution < -0.4 is 15.0 Å². The van der Waals surface area contributed by atoms with Crippen LogP contribution in [-0.4, -0.2) is 34.1 Å². The Morgan fingerprint density at radius 3 is 2.57 bits per heavy atom. The fraction of sp³-hybridized carbons (Fsp3) is 0.182. The maximum absolute atomic E-state index is 12.3. The first-order valence-corrected chi connectivity index (χ1v) is 9.28. The lowest BCUT2D eigenvalue weighted by Gasteiger charge is -2.10. The zero-order valence-electron chi connectivity index (χ0n) is 16.8. The second kappa shape index (κ2) is 8.20. The molecule has 0 saturated carbocycles. The van der Waals surface area contributed by atoms with E-state index in [0.717, 1.165) is 16.7 Å². The van der Waals surface area contributed by atoms with Gasteiger partial charge in [0.2, 0.25) is 11.7 Å². The average molecular weight is 404 g/mol. The maximum atomic E-state index is 12.3. The molecule has 30 heavy (non-hydrogen) atoms. The van der Waals surface area contributed by atoms with Crippen LogP contribution in [-0.2, 0) is 6.54 Å². The van der Waals surface area contributed by atoms with Crippen molar-refractivity contribution in [2.24, 2.45) is 0 Å². The maximum Gasteiger partial charge on any atom is 0.267 e. The third kappa shape index (κ3) is 3.80. The van der Waals surface area contributed by atoms with E-state index in [4.69, 9.17) is 14.0 Å². The second-order valence-electron chi connectivity index (χ2n) is 6.61. The Hall–Kier alpha value is -3.94. The van der Waals surface area contributed by atoms with Gasteiger partial charge in [0.05, 0.1) is 19.9 Å². The summed E-state index contributed by atoms with van der Waals surface area (Å²) in [4.78, 5) is 16.7. The van der Waals surface area contributed by atoms with Gasteiger partial charge in [-0.25, -0.2) is 4.68 Å². The molecule has 0 aliphatic rings. The molecule has 8 heteroatoms. The summed E-state index contributed by atoms with van der Waals surface area (Å²) in [6.45, 7) is 2.04. The van der Waals surface area contributed by atoms with Crippen LogP contribution in [0.15, 0.2) is 63.9 Å². The number of nitrogens with zero attached hydrogens (tertiary/aromatic N) is 4. The standard InChI is InChI=1S/C22H20N4O4/c1-14-6-4-5-7-16(14)22-23-20(30-25-22)13-26-21(27)11-9-17(24-26)15-8-10-18(28-2)19(12-15)29-3/h4-12H,13H2,1-3H3. The van der Waals surface area contributed by atoms with Gasteiger partial charge in [0.1, 0.15) is 6.54 Å². The van der Waals surface area contributed by atoms with Crippen LogP contribution in [0.4, 0.5) is 0 Å². The largest absolute Gasteiger partial charge is 0.493 e. The van der Waals surface area contributed by atoms with Gasteiger partial charge in [-0.1, -0.05) is 29.4 Å². The Morgan fingerprint density at radius 1 is 1.00 bits per heavy atom. The summed E-state index contributed by atoms with van der Waals surface area (Å²) in [5, 5.41) is 8.48. The number of rotatable bonds is 6. The molecule has 0 fully saturated rings. The molecule has 0 unspecified atom stereocenters. The quantitative estimate of drug-likeness (QED) is 0.487. The molecule has 2 heterocycles. The molecule has 0 saturated heterocycles. The number of aromatic nitrogens is 4. The highest BCUT2D eigenvalue weighted by molar-refractivity contribution is 5.63. The van der Waals surface area contributed by atoms with Crippen molar-refractivity contribution in [1.29, 1.82) is 0 Å². The van der Waals surface area contributed by atoms with E-state index < -0.39 is 0 Å². The molecule has 0 aliphatic heterocycles. The zero-order valence-corrected chi connectivity index (χ0v) is 16.8. The number of hydrogen-bond donors (Lipinski definition) is 0. The molecular weight excluding hydrogens is 384 g/mol. The Labute approximate surface area is 172 Å². The van der Waals surface area contributed by atoms with E-state index in [-0.39, 0.29) is 12.1 Å².